The first-order chi connectivity index (χ1) is 10.9. The summed E-state index contributed by atoms with van der Waals surface area (Å²) in [5.74, 6) is 0.882. The summed E-state index contributed by atoms with van der Waals surface area (Å²) in [7, 11) is 4.18. The first-order valence-electron chi connectivity index (χ1n) is 8.16. The molecule has 1 aromatic carbocycles. The van der Waals surface area contributed by atoms with Crippen molar-refractivity contribution < 1.29 is 0 Å². The van der Waals surface area contributed by atoms with Crippen molar-refractivity contribution in [3.63, 3.8) is 0 Å². The topological polar surface area (TPSA) is 39.7 Å². The summed E-state index contributed by atoms with van der Waals surface area (Å²) in [6.07, 6.45) is 2.14. The minimum atomic E-state index is 0.196. The number of thioether (sulfide) groups is 1. The zero-order chi connectivity index (χ0) is 17.3. The van der Waals surface area contributed by atoms with E-state index in [9.17, 15) is 0 Å². The Morgan fingerprint density at radius 3 is 2.52 bits per heavy atom. The van der Waals surface area contributed by atoms with Gasteiger partial charge in [-0.15, -0.1) is 0 Å². The van der Waals surface area contributed by atoms with Gasteiger partial charge in [-0.2, -0.15) is 11.8 Å². The van der Waals surface area contributed by atoms with Gasteiger partial charge < -0.3 is 15.5 Å². The molecule has 0 spiro atoms. The lowest BCUT2D eigenvalue weighted by Gasteiger charge is -2.23. The molecule has 0 atom stereocenters. The van der Waals surface area contributed by atoms with Gasteiger partial charge in [0, 0.05) is 24.4 Å². The van der Waals surface area contributed by atoms with Crippen molar-refractivity contribution in [1.29, 1.82) is 0 Å². The quantitative estimate of drug-likeness (QED) is 0.566. The molecule has 1 rings (SSSR count). The lowest BCUT2D eigenvalue weighted by molar-refractivity contribution is 0.402. The molecule has 0 bridgehead atoms. The van der Waals surface area contributed by atoms with Crippen LogP contribution in [0.3, 0.4) is 0 Å². The van der Waals surface area contributed by atoms with Crippen LogP contribution in [0, 0.1) is 0 Å². The third kappa shape index (κ3) is 8.28. The molecule has 0 aliphatic rings. The first kappa shape index (κ1) is 19.8. The molecule has 0 aromatic heterocycles. The number of benzene rings is 1. The monoisotopic (exact) mass is 336 g/mol. The highest BCUT2D eigenvalue weighted by Gasteiger charge is 2.16. The van der Waals surface area contributed by atoms with E-state index < -0.39 is 0 Å². The Bertz CT molecular complexity index is 498. The van der Waals surface area contributed by atoms with Crippen molar-refractivity contribution in [3.8, 4) is 0 Å². The molecule has 23 heavy (non-hydrogen) atoms. The van der Waals surface area contributed by atoms with Gasteiger partial charge in [-0.05, 0) is 52.2 Å². The lowest BCUT2D eigenvalue weighted by Crippen LogP contribution is -2.43. The molecular formula is C18H32N4S. The van der Waals surface area contributed by atoms with Crippen LogP contribution in [0.4, 0.5) is 0 Å². The zero-order valence-corrected chi connectivity index (χ0v) is 16.3. The Kier molecular flexibility index (Phi) is 8.48. The highest BCUT2D eigenvalue weighted by Crippen LogP contribution is 2.19. The average Bonchev–Trinajstić information content (AvgIpc) is 2.50. The maximum Gasteiger partial charge on any atom is 0.191 e. The molecule has 0 aliphatic carbocycles. The molecule has 0 heterocycles. The van der Waals surface area contributed by atoms with Crippen molar-refractivity contribution in [2.75, 3.05) is 33.4 Å². The molecule has 0 saturated carbocycles. The number of guanidine groups is 1. The van der Waals surface area contributed by atoms with Gasteiger partial charge in [-0.25, -0.2) is 4.99 Å². The Morgan fingerprint density at radius 1 is 1.22 bits per heavy atom. The Morgan fingerprint density at radius 2 is 1.91 bits per heavy atom. The SMILES string of the molecule is CCNC(=NCc1cccc(CN(C)C)c1)NCC(C)(C)SC. The fourth-order valence-electron chi connectivity index (χ4n) is 2.07. The highest BCUT2D eigenvalue weighted by molar-refractivity contribution is 7.99. The van der Waals surface area contributed by atoms with E-state index in [1.54, 1.807) is 0 Å². The van der Waals surface area contributed by atoms with Gasteiger partial charge in [-0.1, -0.05) is 24.3 Å². The second-order valence-electron chi connectivity index (χ2n) is 6.57. The van der Waals surface area contributed by atoms with Crippen molar-refractivity contribution >= 4 is 17.7 Å². The summed E-state index contributed by atoms with van der Waals surface area (Å²) in [5.41, 5.74) is 2.56. The van der Waals surface area contributed by atoms with E-state index in [2.05, 4.69) is 80.9 Å². The number of hydrogen-bond acceptors (Lipinski definition) is 3. The number of hydrogen-bond donors (Lipinski definition) is 2. The van der Waals surface area contributed by atoms with Crippen molar-refractivity contribution in [2.24, 2.45) is 4.99 Å². The van der Waals surface area contributed by atoms with E-state index >= 15 is 0 Å². The summed E-state index contributed by atoms with van der Waals surface area (Å²) >= 11 is 1.86. The Hall–Kier alpha value is -1.20. The third-order valence-corrected chi connectivity index (χ3v) is 4.74. The van der Waals surface area contributed by atoms with E-state index in [1.807, 2.05) is 11.8 Å². The molecule has 2 N–H and O–H groups in total. The normalized spacial score (nSPS) is 12.6. The van der Waals surface area contributed by atoms with Crippen LogP contribution in [0.15, 0.2) is 29.3 Å². The lowest BCUT2D eigenvalue weighted by atomic mass is 10.1. The fourth-order valence-corrected chi connectivity index (χ4v) is 2.29. The molecule has 1 aromatic rings. The molecule has 130 valence electrons. The standard InChI is InChI=1S/C18H32N4S/c1-7-19-17(21-14-18(2,3)23-6)20-12-15-9-8-10-16(11-15)13-22(4)5/h8-11H,7,12-14H2,1-6H3,(H2,19,20,21). The smallest absolute Gasteiger partial charge is 0.191 e. The van der Waals surface area contributed by atoms with Crippen LogP contribution in [-0.2, 0) is 13.1 Å². The van der Waals surface area contributed by atoms with Crippen LogP contribution < -0.4 is 10.6 Å². The maximum absolute atomic E-state index is 4.71. The van der Waals surface area contributed by atoms with Crippen molar-refractivity contribution in [3.05, 3.63) is 35.4 Å². The van der Waals surface area contributed by atoms with Gasteiger partial charge >= 0.3 is 0 Å². The zero-order valence-electron chi connectivity index (χ0n) is 15.4. The predicted molar refractivity (Wildman–Crippen MR) is 104 cm³/mol. The molecule has 0 saturated heterocycles. The highest BCUT2D eigenvalue weighted by atomic mass is 32.2. The molecule has 0 fully saturated rings. The second kappa shape index (κ2) is 9.83. The van der Waals surface area contributed by atoms with Gasteiger partial charge in [0.05, 0.1) is 6.54 Å². The van der Waals surface area contributed by atoms with Crippen LogP contribution in [0.2, 0.25) is 0 Å². The average molecular weight is 337 g/mol. The van der Waals surface area contributed by atoms with Crippen molar-refractivity contribution in [1.82, 2.24) is 15.5 Å². The summed E-state index contributed by atoms with van der Waals surface area (Å²) in [5, 5.41) is 6.76. The number of aliphatic imine (C=N–C) groups is 1. The van der Waals surface area contributed by atoms with Crippen LogP contribution in [-0.4, -0.2) is 49.0 Å². The summed E-state index contributed by atoms with van der Waals surface area (Å²) in [6.45, 7) is 9.97. The third-order valence-electron chi connectivity index (χ3n) is 3.49. The summed E-state index contributed by atoms with van der Waals surface area (Å²) < 4.78 is 0.196. The molecule has 5 heteroatoms. The van der Waals surface area contributed by atoms with Gasteiger partial charge in [0.25, 0.3) is 0 Å². The van der Waals surface area contributed by atoms with Gasteiger partial charge in [0.1, 0.15) is 0 Å². The van der Waals surface area contributed by atoms with Gasteiger partial charge in [0.2, 0.25) is 0 Å². The Labute approximate surface area is 146 Å². The molecule has 0 amide bonds. The van der Waals surface area contributed by atoms with Crippen LogP contribution in [0.5, 0.6) is 0 Å². The fraction of sp³-hybridized carbons (Fsp3) is 0.611. The predicted octanol–water partition coefficient (Wildman–Crippen LogP) is 2.94. The van der Waals surface area contributed by atoms with Crippen LogP contribution in [0.1, 0.15) is 31.9 Å². The number of nitrogens with zero attached hydrogens (tertiary/aromatic N) is 2. The van der Waals surface area contributed by atoms with E-state index in [0.717, 1.165) is 25.6 Å². The molecule has 0 radical (unpaired) electrons. The molecular weight excluding hydrogens is 304 g/mol. The van der Waals surface area contributed by atoms with Gasteiger partial charge in [0.15, 0.2) is 5.96 Å². The van der Waals surface area contributed by atoms with Crippen molar-refractivity contribution in [2.45, 2.75) is 38.6 Å². The second-order valence-corrected chi connectivity index (χ2v) is 8.08. The van der Waals surface area contributed by atoms with Crippen LogP contribution >= 0.6 is 11.8 Å². The van der Waals surface area contributed by atoms with E-state index in [4.69, 9.17) is 4.99 Å². The summed E-state index contributed by atoms with van der Waals surface area (Å²) in [6, 6.07) is 8.65. The molecule has 4 nitrogen and oxygen atoms in total. The maximum atomic E-state index is 4.71. The Balaban J connectivity index is 2.69. The number of rotatable bonds is 8. The van der Waals surface area contributed by atoms with E-state index in [1.165, 1.54) is 11.1 Å². The molecule has 0 aliphatic heterocycles. The van der Waals surface area contributed by atoms with Crippen LogP contribution in [0.25, 0.3) is 0 Å². The molecule has 0 unspecified atom stereocenters. The first-order valence-corrected chi connectivity index (χ1v) is 9.38. The summed E-state index contributed by atoms with van der Waals surface area (Å²) in [4.78, 5) is 6.89. The number of nitrogens with one attached hydrogen (secondary N) is 2. The van der Waals surface area contributed by atoms with E-state index in [0.29, 0.717) is 6.54 Å². The van der Waals surface area contributed by atoms with E-state index in [-0.39, 0.29) is 4.75 Å². The minimum absolute atomic E-state index is 0.196. The minimum Gasteiger partial charge on any atom is -0.357 e. The largest absolute Gasteiger partial charge is 0.357 e. The van der Waals surface area contributed by atoms with Gasteiger partial charge in [-0.3, -0.25) is 0 Å².